The number of carbonyl (C=O) groups excluding carboxylic acids is 2. The Labute approximate surface area is 235 Å². The van der Waals surface area contributed by atoms with Crippen molar-refractivity contribution in [2.75, 3.05) is 6.61 Å². The van der Waals surface area contributed by atoms with Crippen molar-refractivity contribution in [1.82, 2.24) is 10.2 Å². The number of hydrogen-bond acceptors (Lipinski definition) is 3. The van der Waals surface area contributed by atoms with Crippen LogP contribution in [-0.2, 0) is 28.0 Å². The van der Waals surface area contributed by atoms with E-state index in [4.69, 9.17) is 4.74 Å². The van der Waals surface area contributed by atoms with Crippen molar-refractivity contribution in [2.45, 2.75) is 72.0 Å². The number of aryl methyl sites for hydroxylation is 1. The summed E-state index contributed by atoms with van der Waals surface area (Å²) in [6.07, 6.45) is 0.404. The molecule has 0 aliphatic rings. The Hall–Kier alpha value is -3.12. The SMILES string of the molecule is Cc1cccc(CN(C(=O)COc2ccc(C(C)(C)C)cc2Br)[C@@H](Cc2ccccc2)C(=O)NC(C)C)c1. The van der Waals surface area contributed by atoms with Crippen LogP contribution < -0.4 is 10.1 Å². The summed E-state index contributed by atoms with van der Waals surface area (Å²) in [5.41, 5.74) is 4.21. The molecule has 6 heteroatoms. The predicted molar refractivity (Wildman–Crippen MR) is 157 cm³/mol. The molecule has 0 aromatic heterocycles. The highest BCUT2D eigenvalue weighted by molar-refractivity contribution is 9.10. The first-order chi connectivity index (χ1) is 17.9. The molecule has 0 fully saturated rings. The second-order valence-corrected chi connectivity index (χ2v) is 11.9. The number of nitrogens with one attached hydrogen (secondary N) is 1. The highest BCUT2D eigenvalue weighted by Gasteiger charge is 2.31. The topological polar surface area (TPSA) is 58.6 Å². The molecule has 0 radical (unpaired) electrons. The highest BCUT2D eigenvalue weighted by atomic mass is 79.9. The zero-order valence-corrected chi connectivity index (χ0v) is 24.8. The molecule has 202 valence electrons. The Morgan fingerprint density at radius 3 is 2.24 bits per heavy atom. The standard InChI is InChI=1S/C32H39BrN2O3/c1-22(2)34-31(37)28(18-24-12-8-7-9-13-24)35(20-25-14-10-11-23(3)17-25)30(36)21-38-29-16-15-26(19-27(29)33)32(4,5)6/h7-17,19,22,28H,18,20-21H2,1-6H3,(H,34,37)/t28-/m0/s1. The van der Waals surface area contributed by atoms with Crippen LogP contribution in [0.1, 0.15) is 56.9 Å². The fourth-order valence-corrected chi connectivity index (χ4v) is 4.74. The van der Waals surface area contributed by atoms with Gasteiger partial charge in [0.1, 0.15) is 11.8 Å². The lowest BCUT2D eigenvalue weighted by atomic mass is 9.87. The van der Waals surface area contributed by atoms with E-state index in [0.29, 0.717) is 18.7 Å². The zero-order chi connectivity index (χ0) is 27.9. The first-order valence-corrected chi connectivity index (χ1v) is 13.9. The molecule has 0 heterocycles. The second-order valence-electron chi connectivity index (χ2n) is 11.1. The molecule has 3 rings (SSSR count). The lowest BCUT2D eigenvalue weighted by Crippen LogP contribution is -2.52. The number of halogens is 1. The first kappa shape index (κ1) is 29.4. The van der Waals surface area contributed by atoms with E-state index < -0.39 is 6.04 Å². The van der Waals surface area contributed by atoms with Crippen LogP contribution in [0.15, 0.2) is 77.3 Å². The maximum absolute atomic E-state index is 13.8. The van der Waals surface area contributed by atoms with Crippen LogP contribution in [-0.4, -0.2) is 35.4 Å². The number of ether oxygens (including phenoxy) is 1. The molecule has 38 heavy (non-hydrogen) atoms. The molecule has 0 saturated carbocycles. The van der Waals surface area contributed by atoms with Crippen molar-refractivity contribution in [3.63, 3.8) is 0 Å². The third-order valence-corrected chi connectivity index (χ3v) is 6.91. The summed E-state index contributed by atoms with van der Waals surface area (Å²) < 4.78 is 6.79. The van der Waals surface area contributed by atoms with Gasteiger partial charge in [-0.3, -0.25) is 9.59 Å². The number of hydrogen-bond donors (Lipinski definition) is 1. The van der Waals surface area contributed by atoms with E-state index in [0.717, 1.165) is 26.7 Å². The molecule has 0 unspecified atom stereocenters. The van der Waals surface area contributed by atoms with Crippen LogP contribution in [0.4, 0.5) is 0 Å². The van der Waals surface area contributed by atoms with Crippen LogP contribution in [0.25, 0.3) is 0 Å². The molecular formula is C32H39BrN2O3. The van der Waals surface area contributed by atoms with Gasteiger partial charge in [-0.1, -0.05) is 87.0 Å². The minimum Gasteiger partial charge on any atom is -0.483 e. The quantitative estimate of drug-likeness (QED) is 0.295. The van der Waals surface area contributed by atoms with E-state index in [-0.39, 0.29) is 29.9 Å². The summed E-state index contributed by atoms with van der Waals surface area (Å²) in [6, 6.07) is 23.0. The zero-order valence-electron chi connectivity index (χ0n) is 23.3. The van der Waals surface area contributed by atoms with Gasteiger partial charge < -0.3 is 15.0 Å². The van der Waals surface area contributed by atoms with Crippen molar-refractivity contribution >= 4 is 27.7 Å². The lowest BCUT2D eigenvalue weighted by molar-refractivity contribution is -0.143. The van der Waals surface area contributed by atoms with Crippen molar-refractivity contribution in [1.29, 1.82) is 0 Å². The molecule has 1 atom stereocenters. The molecular weight excluding hydrogens is 540 g/mol. The Balaban J connectivity index is 1.91. The fourth-order valence-electron chi connectivity index (χ4n) is 4.25. The molecule has 0 bridgehead atoms. The molecule has 3 aromatic carbocycles. The van der Waals surface area contributed by atoms with Gasteiger partial charge in [0.05, 0.1) is 4.47 Å². The van der Waals surface area contributed by atoms with Crippen LogP contribution in [0.3, 0.4) is 0 Å². The molecule has 0 saturated heterocycles. The first-order valence-electron chi connectivity index (χ1n) is 13.1. The minimum absolute atomic E-state index is 0.00405. The number of nitrogens with zero attached hydrogens (tertiary/aromatic N) is 1. The molecule has 0 aliphatic heterocycles. The minimum atomic E-state index is -0.692. The summed E-state index contributed by atoms with van der Waals surface area (Å²) in [5.74, 6) is 0.159. The molecule has 2 amide bonds. The van der Waals surface area contributed by atoms with E-state index in [1.807, 2.05) is 93.6 Å². The van der Waals surface area contributed by atoms with E-state index in [9.17, 15) is 9.59 Å². The van der Waals surface area contributed by atoms with Crippen molar-refractivity contribution in [2.24, 2.45) is 0 Å². The molecule has 5 nitrogen and oxygen atoms in total. The second kappa shape index (κ2) is 13.1. The van der Waals surface area contributed by atoms with Crippen LogP contribution in [0.5, 0.6) is 5.75 Å². The Morgan fingerprint density at radius 1 is 0.947 bits per heavy atom. The van der Waals surface area contributed by atoms with E-state index in [2.05, 4.69) is 42.0 Å². The van der Waals surface area contributed by atoms with Crippen molar-refractivity contribution < 1.29 is 14.3 Å². The number of rotatable bonds is 10. The van der Waals surface area contributed by atoms with Crippen molar-refractivity contribution in [3.8, 4) is 5.75 Å². The van der Waals surface area contributed by atoms with Crippen LogP contribution in [0.2, 0.25) is 0 Å². The normalized spacial score (nSPS) is 12.2. The smallest absolute Gasteiger partial charge is 0.261 e. The summed E-state index contributed by atoms with van der Waals surface area (Å²) in [7, 11) is 0. The maximum atomic E-state index is 13.8. The summed E-state index contributed by atoms with van der Waals surface area (Å²) >= 11 is 3.60. The van der Waals surface area contributed by atoms with E-state index >= 15 is 0 Å². The van der Waals surface area contributed by atoms with Gasteiger partial charge in [0.15, 0.2) is 6.61 Å². The summed E-state index contributed by atoms with van der Waals surface area (Å²) in [6.45, 7) is 12.4. The highest BCUT2D eigenvalue weighted by Crippen LogP contribution is 2.31. The Morgan fingerprint density at radius 2 is 1.63 bits per heavy atom. The van der Waals surface area contributed by atoms with Gasteiger partial charge in [-0.25, -0.2) is 0 Å². The molecule has 0 aliphatic carbocycles. The average Bonchev–Trinajstić information content (AvgIpc) is 2.85. The number of benzene rings is 3. The number of amides is 2. The molecule has 1 N–H and O–H groups in total. The fraction of sp³-hybridized carbons (Fsp3) is 0.375. The van der Waals surface area contributed by atoms with Crippen LogP contribution in [0, 0.1) is 6.92 Å². The monoisotopic (exact) mass is 578 g/mol. The predicted octanol–water partition coefficient (Wildman–Crippen LogP) is 6.60. The van der Waals surface area contributed by atoms with Gasteiger partial charge in [-0.15, -0.1) is 0 Å². The average molecular weight is 580 g/mol. The Bertz CT molecular complexity index is 1230. The van der Waals surface area contributed by atoms with Gasteiger partial charge in [-0.2, -0.15) is 0 Å². The van der Waals surface area contributed by atoms with Gasteiger partial charge in [0.25, 0.3) is 5.91 Å². The molecule has 0 spiro atoms. The summed E-state index contributed by atoms with van der Waals surface area (Å²) in [5, 5.41) is 3.02. The summed E-state index contributed by atoms with van der Waals surface area (Å²) in [4.78, 5) is 28.9. The van der Waals surface area contributed by atoms with E-state index in [1.165, 1.54) is 0 Å². The lowest BCUT2D eigenvalue weighted by Gasteiger charge is -2.32. The van der Waals surface area contributed by atoms with Gasteiger partial charge in [0, 0.05) is 19.0 Å². The van der Waals surface area contributed by atoms with Gasteiger partial charge in [0.2, 0.25) is 5.91 Å². The van der Waals surface area contributed by atoms with E-state index in [1.54, 1.807) is 4.90 Å². The largest absolute Gasteiger partial charge is 0.483 e. The van der Waals surface area contributed by atoms with Gasteiger partial charge >= 0.3 is 0 Å². The van der Waals surface area contributed by atoms with Crippen molar-refractivity contribution in [3.05, 3.63) is 99.5 Å². The molecule has 3 aromatic rings. The van der Waals surface area contributed by atoms with Crippen LogP contribution >= 0.6 is 15.9 Å². The third-order valence-electron chi connectivity index (χ3n) is 6.29. The number of carbonyl (C=O) groups is 2. The Kier molecular flexibility index (Phi) is 10.1. The third kappa shape index (κ3) is 8.45. The maximum Gasteiger partial charge on any atom is 0.261 e. The van der Waals surface area contributed by atoms with Gasteiger partial charge in [-0.05, 0) is 70.9 Å².